The molecule has 0 bridgehead atoms. The molecule has 8 nitrogen and oxygen atoms in total. The van der Waals surface area contributed by atoms with E-state index in [2.05, 4.69) is 6.58 Å². The molecule has 0 spiro atoms. The molecule has 0 aliphatic carbocycles. The molecule has 1 unspecified atom stereocenters. The zero-order valence-corrected chi connectivity index (χ0v) is 16.6. The van der Waals surface area contributed by atoms with E-state index in [4.69, 9.17) is 34.7 Å². The Bertz CT molecular complexity index is 352. The normalized spacial score (nSPS) is 13.1. The molecule has 0 aromatic heterocycles. The first kappa shape index (κ1) is 28.9. The molecule has 0 aromatic carbocycles. The van der Waals surface area contributed by atoms with Crippen molar-refractivity contribution in [2.45, 2.75) is 20.0 Å². The number of nitrogens with one attached hydrogen (secondary N) is 1. The molecular weight excluding hydrogens is 304 g/mol. The maximum Gasteiger partial charge on any atom is 1.00 e. The fourth-order valence-electron chi connectivity index (χ4n) is 0.456. The fraction of sp³-hybridized carbons (Fsp3) is 0.455. The smallest absolute Gasteiger partial charge is 0.550 e. The van der Waals surface area contributed by atoms with Crippen LogP contribution in [0.5, 0.6) is 0 Å². The number of rotatable bonds is 4. The minimum Gasteiger partial charge on any atom is -0.550 e. The number of hydrogen-bond donors (Lipinski definition) is 1. The van der Waals surface area contributed by atoms with Crippen LogP contribution in [0.4, 0.5) is 0 Å². The van der Waals surface area contributed by atoms with Crippen molar-refractivity contribution in [2.75, 3.05) is 13.2 Å². The van der Waals surface area contributed by atoms with Gasteiger partial charge in [0.15, 0.2) is 0 Å². The quantitative estimate of drug-likeness (QED) is 0.178. The van der Waals surface area contributed by atoms with Crippen LogP contribution in [0.3, 0.4) is 0 Å². The van der Waals surface area contributed by atoms with E-state index in [1.165, 1.54) is 0 Å². The van der Waals surface area contributed by atoms with Crippen molar-refractivity contribution in [1.82, 2.24) is 0 Å². The van der Waals surface area contributed by atoms with Gasteiger partial charge in [0.25, 0.3) is 0 Å². The average molecular weight is 319 g/mol. The van der Waals surface area contributed by atoms with E-state index in [-0.39, 0.29) is 77.4 Å². The Morgan fingerprint density at radius 3 is 1.86 bits per heavy atom. The molecule has 0 radical (unpaired) electrons. The summed E-state index contributed by atoms with van der Waals surface area (Å²) in [5.41, 5.74) is 0.431. The summed E-state index contributed by atoms with van der Waals surface area (Å²) < 4.78 is 9.60. The number of carboxylic acid groups (broad SMARTS) is 2. The van der Waals surface area contributed by atoms with Crippen molar-refractivity contribution in [3.63, 3.8) is 0 Å². The first-order chi connectivity index (χ1) is 8.70. The SMILES string of the molecule is C=C(C)C(=O)OCC1CO1.CC(=O)[O-].N=CC(=O)[O-].[Na+].[Na+]. The van der Waals surface area contributed by atoms with Crippen molar-refractivity contribution in [3.8, 4) is 0 Å². The minimum absolute atomic E-state index is 0. The van der Waals surface area contributed by atoms with Gasteiger partial charge in [-0.15, -0.1) is 0 Å². The Balaban J connectivity index is -0.000000114. The van der Waals surface area contributed by atoms with Gasteiger partial charge in [-0.3, -0.25) is 0 Å². The van der Waals surface area contributed by atoms with Gasteiger partial charge in [-0.1, -0.05) is 6.58 Å². The van der Waals surface area contributed by atoms with E-state index in [9.17, 15) is 4.79 Å². The second-order valence-electron chi connectivity index (χ2n) is 3.29. The topological polar surface area (TPSA) is 143 Å². The van der Waals surface area contributed by atoms with Crippen LogP contribution in [-0.2, 0) is 23.9 Å². The third-order valence-electron chi connectivity index (χ3n) is 1.27. The van der Waals surface area contributed by atoms with Gasteiger partial charge in [0.1, 0.15) is 12.7 Å². The van der Waals surface area contributed by atoms with Gasteiger partial charge < -0.3 is 34.7 Å². The van der Waals surface area contributed by atoms with Gasteiger partial charge in [-0.2, -0.15) is 0 Å². The maximum absolute atomic E-state index is 10.7. The van der Waals surface area contributed by atoms with E-state index in [0.29, 0.717) is 18.8 Å². The fourth-order valence-corrected chi connectivity index (χ4v) is 0.456. The summed E-state index contributed by atoms with van der Waals surface area (Å²) in [6.45, 7) is 7.11. The third kappa shape index (κ3) is 32.9. The van der Waals surface area contributed by atoms with Crippen LogP contribution >= 0.6 is 0 Å². The zero-order chi connectivity index (χ0) is 15.4. The molecular formula is C11H15NNa2O7. The Labute approximate surface area is 167 Å². The number of carbonyl (C=O) groups excluding carboxylic acids is 3. The second-order valence-corrected chi connectivity index (χ2v) is 3.29. The van der Waals surface area contributed by atoms with Crippen molar-refractivity contribution in [1.29, 1.82) is 5.41 Å². The number of carboxylic acids is 2. The monoisotopic (exact) mass is 319 g/mol. The van der Waals surface area contributed by atoms with Crippen LogP contribution in [0.1, 0.15) is 13.8 Å². The van der Waals surface area contributed by atoms with Crippen LogP contribution in [0.2, 0.25) is 0 Å². The van der Waals surface area contributed by atoms with Gasteiger partial charge in [0.2, 0.25) is 0 Å². The van der Waals surface area contributed by atoms with Crippen molar-refractivity contribution >= 4 is 24.1 Å². The van der Waals surface area contributed by atoms with Gasteiger partial charge in [0, 0.05) is 17.8 Å². The zero-order valence-electron chi connectivity index (χ0n) is 12.6. The van der Waals surface area contributed by atoms with Crippen molar-refractivity contribution in [2.24, 2.45) is 0 Å². The standard InChI is InChI=1S/C7H10O3.C2H3NO2.C2H4O2.2Na/c1-5(2)7(8)10-4-6-3-9-6;3-1-2(4)5;1-2(3)4;;/h6H,1,3-4H2,2H3;1,3H,(H,4,5);1H3,(H,3,4);;/q;;;2*+1/p-2. The van der Waals surface area contributed by atoms with Gasteiger partial charge >= 0.3 is 65.1 Å². The molecule has 0 saturated carbocycles. The minimum atomic E-state index is -1.45. The summed E-state index contributed by atoms with van der Waals surface area (Å²) in [4.78, 5) is 28.6. The van der Waals surface area contributed by atoms with Crippen LogP contribution in [0.15, 0.2) is 12.2 Å². The predicted octanol–water partition coefficient (Wildman–Crippen LogP) is -8.35. The van der Waals surface area contributed by atoms with Gasteiger partial charge in [0.05, 0.1) is 12.6 Å². The first-order valence-electron chi connectivity index (χ1n) is 5.04. The van der Waals surface area contributed by atoms with Crippen LogP contribution in [0, 0.1) is 5.41 Å². The summed E-state index contributed by atoms with van der Waals surface area (Å²) in [6.07, 6.45) is 0.364. The summed E-state index contributed by atoms with van der Waals surface area (Å²) in [6, 6.07) is 0. The molecule has 0 aromatic rings. The summed E-state index contributed by atoms with van der Waals surface area (Å²) >= 11 is 0. The van der Waals surface area contributed by atoms with E-state index in [1.807, 2.05) is 0 Å². The molecule has 1 aliphatic rings. The number of epoxide rings is 1. The van der Waals surface area contributed by atoms with Gasteiger partial charge in [-0.05, 0) is 13.8 Å². The number of carbonyl (C=O) groups is 3. The molecule has 1 saturated heterocycles. The molecule has 1 heterocycles. The molecule has 1 fully saturated rings. The molecule has 1 atom stereocenters. The molecule has 1 aliphatic heterocycles. The van der Waals surface area contributed by atoms with Crippen LogP contribution in [-0.4, -0.2) is 43.4 Å². The number of hydrogen-bond acceptors (Lipinski definition) is 8. The second kappa shape index (κ2) is 17.8. The largest absolute Gasteiger partial charge is 1.00 e. The Hall–Kier alpha value is -0.220. The van der Waals surface area contributed by atoms with Crippen molar-refractivity contribution < 1.29 is 93.2 Å². The van der Waals surface area contributed by atoms with E-state index in [0.717, 1.165) is 6.92 Å². The molecule has 10 heteroatoms. The molecule has 1 rings (SSSR count). The third-order valence-corrected chi connectivity index (χ3v) is 1.27. The summed E-state index contributed by atoms with van der Waals surface area (Å²) in [7, 11) is 0. The van der Waals surface area contributed by atoms with E-state index in [1.54, 1.807) is 6.92 Å². The van der Waals surface area contributed by atoms with E-state index < -0.39 is 11.9 Å². The maximum atomic E-state index is 10.7. The predicted molar refractivity (Wildman–Crippen MR) is 60.0 cm³/mol. The average Bonchev–Trinajstić information content (AvgIpc) is 3.09. The first-order valence-corrected chi connectivity index (χ1v) is 5.04. The molecule has 0 amide bonds. The van der Waals surface area contributed by atoms with Crippen LogP contribution < -0.4 is 69.3 Å². The molecule has 21 heavy (non-hydrogen) atoms. The molecule has 1 N–H and O–H groups in total. The van der Waals surface area contributed by atoms with Crippen LogP contribution in [0.25, 0.3) is 0 Å². The number of ether oxygens (including phenoxy) is 2. The van der Waals surface area contributed by atoms with Gasteiger partial charge in [-0.25, -0.2) is 4.79 Å². The Kier molecular flexibility index (Phi) is 24.5. The Morgan fingerprint density at radius 1 is 1.33 bits per heavy atom. The summed E-state index contributed by atoms with van der Waals surface area (Å²) in [5.74, 6) is -2.87. The Morgan fingerprint density at radius 2 is 1.67 bits per heavy atom. The van der Waals surface area contributed by atoms with Crippen molar-refractivity contribution in [3.05, 3.63) is 12.2 Å². The number of aliphatic carboxylic acids is 2. The summed E-state index contributed by atoms with van der Waals surface area (Å²) in [5, 5.41) is 23.8. The van der Waals surface area contributed by atoms with E-state index >= 15 is 0 Å². The molecule has 108 valence electrons. The number of esters is 1.